The van der Waals surface area contributed by atoms with Gasteiger partial charge in [0.25, 0.3) is 0 Å². The molecule has 6 aliphatic rings. The number of likely N-dealkylation sites (tertiary alicyclic amines) is 1. The zero-order chi connectivity index (χ0) is 34.5. The molecular weight excluding hydrogens is 649 g/mol. The molecule has 10 heteroatoms. The van der Waals surface area contributed by atoms with Gasteiger partial charge in [-0.15, -0.1) is 11.3 Å². The normalized spacial score (nSPS) is 27.9. The van der Waals surface area contributed by atoms with Crippen LogP contribution in [0.5, 0.6) is 5.75 Å². The molecule has 0 atom stereocenters. The van der Waals surface area contributed by atoms with Crippen LogP contribution in [0.25, 0.3) is 10.4 Å². The molecular formula is C40H50N4O5S. The molecule has 50 heavy (non-hydrogen) atoms. The Bertz CT molecular complexity index is 1700. The fourth-order valence-electron chi connectivity index (χ4n) is 9.11. The molecule has 0 unspecified atom stereocenters. The first-order valence-electron chi connectivity index (χ1n) is 18.7. The number of fused-ring (bicyclic) bond motifs is 3. The highest BCUT2D eigenvalue weighted by Gasteiger charge is 2.51. The lowest BCUT2D eigenvalue weighted by Gasteiger charge is -2.55. The zero-order valence-electron chi connectivity index (χ0n) is 29.4. The minimum atomic E-state index is -0.297. The summed E-state index contributed by atoms with van der Waals surface area (Å²) in [4.78, 5) is 41.7. The summed E-state index contributed by atoms with van der Waals surface area (Å²) in [5.74, 6) is 2.46. The molecule has 5 saturated carbocycles. The number of pyridine rings is 1. The molecule has 1 aliphatic heterocycles. The second kappa shape index (κ2) is 13.6. The van der Waals surface area contributed by atoms with E-state index in [4.69, 9.17) is 19.4 Å². The van der Waals surface area contributed by atoms with Crippen LogP contribution in [-0.2, 0) is 14.9 Å². The standard InChI is InChI=1S/C40H50N4O5S/c1-26-19-31(7-10-33(26)48-2)40-15-12-39(13-16-40,14-17-40)25-44(35-20-30(11-18-41-35)34-21-42-36(50-34)28-3-4-28)37(46)29-5-8-32(9-6-29)49-38(47)43-22-27(23-43)24-45/h7,10-11,18-21,27-29,32,45H,3-6,8-9,12-17,22-25H2,1-2H3/t29-,32-,39?,40?. The molecule has 9 rings (SSSR count). The van der Waals surface area contributed by atoms with Crippen molar-refractivity contribution in [2.75, 3.05) is 38.3 Å². The minimum Gasteiger partial charge on any atom is -0.496 e. The van der Waals surface area contributed by atoms with Gasteiger partial charge in [0.1, 0.15) is 17.7 Å². The van der Waals surface area contributed by atoms with Crippen molar-refractivity contribution in [1.82, 2.24) is 14.9 Å². The lowest BCUT2D eigenvalue weighted by Crippen LogP contribution is -2.52. The van der Waals surface area contributed by atoms with Gasteiger partial charge in [-0.2, -0.15) is 0 Å². The van der Waals surface area contributed by atoms with Crippen LogP contribution in [0, 0.1) is 24.2 Å². The quantitative estimate of drug-likeness (QED) is 0.232. The van der Waals surface area contributed by atoms with Crippen molar-refractivity contribution in [1.29, 1.82) is 0 Å². The number of ether oxygens (including phenoxy) is 2. The first kappa shape index (κ1) is 33.6. The van der Waals surface area contributed by atoms with Gasteiger partial charge in [-0.05, 0) is 130 Å². The third-order valence-corrected chi connectivity index (χ3v) is 13.9. The Morgan fingerprint density at radius 2 is 1.72 bits per heavy atom. The molecule has 266 valence electrons. The highest BCUT2D eigenvalue weighted by atomic mass is 32.1. The number of aliphatic hydroxyl groups is 1. The molecule has 0 spiro atoms. The van der Waals surface area contributed by atoms with Crippen molar-refractivity contribution >= 4 is 29.2 Å². The molecule has 1 N–H and O–H groups in total. The number of carbonyl (C=O) groups is 2. The Hall–Kier alpha value is -3.50. The van der Waals surface area contributed by atoms with E-state index in [-0.39, 0.29) is 47.4 Å². The number of aromatic nitrogens is 2. The van der Waals surface area contributed by atoms with E-state index >= 15 is 0 Å². The average molecular weight is 699 g/mol. The van der Waals surface area contributed by atoms with Crippen molar-refractivity contribution < 1.29 is 24.2 Å². The monoisotopic (exact) mass is 698 g/mol. The third kappa shape index (κ3) is 6.54. The molecule has 5 aliphatic carbocycles. The number of anilines is 1. The van der Waals surface area contributed by atoms with E-state index in [1.165, 1.54) is 29.0 Å². The molecule has 1 saturated heterocycles. The number of aryl methyl sites for hydroxylation is 1. The van der Waals surface area contributed by atoms with Gasteiger partial charge in [0.2, 0.25) is 5.91 Å². The van der Waals surface area contributed by atoms with Crippen molar-refractivity contribution in [3.05, 3.63) is 58.9 Å². The highest BCUT2D eigenvalue weighted by molar-refractivity contribution is 7.15. The maximum absolute atomic E-state index is 14.7. The lowest BCUT2D eigenvalue weighted by molar-refractivity contribution is -0.124. The number of hydrogen-bond donors (Lipinski definition) is 1. The Balaban J connectivity index is 0.994. The van der Waals surface area contributed by atoms with Gasteiger partial charge in [-0.3, -0.25) is 9.69 Å². The van der Waals surface area contributed by atoms with Gasteiger partial charge in [-0.1, -0.05) is 12.1 Å². The molecule has 6 fully saturated rings. The zero-order valence-corrected chi connectivity index (χ0v) is 30.3. The summed E-state index contributed by atoms with van der Waals surface area (Å²) in [6, 6.07) is 10.9. The van der Waals surface area contributed by atoms with Crippen molar-refractivity contribution in [3.8, 4) is 16.2 Å². The Labute approximate surface area is 299 Å². The first-order chi connectivity index (χ1) is 24.3. The molecule has 0 radical (unpaired) electrons. The number of thiazole rings is 1. The number of methoxy groups -OCH3 is 1. The summed E-state index contributed by atoms with van der Waals surface area (Å²) in [5.41, 5.74) is 3.95. The summed E-state index contributed by atoms with van der Waals surface area (Å²) in [7, 11) is 1.74. The number of benzene rings is 1. The van der Waals surface area contributed by atoms with E-state index in [2.05, 4.69) is 31.2 Å². The second-order valence-electron chi connectivity index (χ2n) is 15.9. The SMILES string of the molecule is COc1ccc(C23CCC(CN(c4cc(-c5cnc(C6CC6)s5)ccn4)C(=O)[C@H]4CC[C@H](OC(=O)N5CC(CO)C5)CC4)(CC2)CC3)cc1C. The van der Waals surface area contributed by atoms with Crippen LogP contribution in [0.2, 0.25) is 0 Å². The van der Waals surface area contributed by atoms with Gasteiger partial charge >= 0.3 is 6.09 Å². The fourth-order valence-corrected chi connectivity index (χ4v) is 10.2. The Kier molecular flexibility index (Phi) is 9.12. The molecule has 2 bridgehead atoms. The minimum absolute atomic E-state index is 0.0661. The number of carbonyl (C=O) groups excluding carboxylic acids is 2. The maximum Gasteiger partial charge on any atom is 0.410 e. The molecule has 9 nitrogen and oxygen atoms in total. The summed E-state index contributed by atoms with van der Waals surface area (Å²) < 4.78 is 11.4. The molecule has 3 aromatic rings. The molecule has 3 heterocycles. The second-order valence-corrected chi connectivity index (χ2v) is 17.0. The summed E-state index contributed by atoms with van der Waals surface area (Å²) in [5, 5.41) is 10.5. The first-order valence-corrected chi connectivity index (χ1v) is 19.5. The molecule has 2 aromatic heterocycles. The summed E-state index contributed by atoms with van der Waals surface area (Å²) >= 11 is 1.77. The molecule has 2 amide bonds. The van der Waals surface area contributed by atoms with E-state index in [1.807, 2.05) is 23.4 Å². The van der Waals surface area contributed by atoms with E-state index in [0.29, 0.717) is 51.2 Å². The van der Waals surface area contributed by atoms with Crippen LogP contribution in [0.3, 0.4) is 0 Å². The van der Waals surface area contributed by atoms with E-state index in [0.717, 1.165) is 60.5 Å². The van der Waals surface area contributed by atoms with Crippen molar-refractivity contribution in [2.45, 2.75) is 101 Å². The number of aliphatic hydroxyl groups excluding tert-OH is 1. The topological polar surface area (TPSA) is 105 Å². The van der Waals surface area contributed by atoms with Crippen LogP contribution in [0.4, 0.5) is 10.6 Å². The van der Waals surface area contributed by atoms with Crippen molar-refractivity contribution in [2.24, 2.45) is 17.3 Å². The Morgan fingerprint density at radius 3 is 2.38 bits per heavy atom. The lowest BCUT2D eigenvalue weighted by atomic mass is 9.51. The van der Waals surface area contributed by atoms with Crippen molar-refractivity contribution in [3.63, 3.8) is 0 Å². The van der Waals surface area contributed by atoms with Crippen LogP contribution < -0.4 is 9.64 Å². The number of rotatable bonds is 10. The fraction of sp³-hybridized carbons (Fsp3) is 0.600. The predicted octanol–water partition coefficient (Wildman–Crippen LogP) is 7.64. The summed E-state index contributed by atoms with van der Waals surface area (Å²) in [6.07, 6.45) is 15.2. The van der Waals surface area contributed by atoms with Crippen LogP contribution >= 0.6 is 11.3 Å². The number of nitrogens with zero attached hydrogens (tertiary/aromatic N) is 4. The molecule has 1 aromatic carbocycles. The van der Waals surface area contributed by atoms with E-state index in [9.17, 15) is 14.7 Å². The van der Waals surface area contributed by atoms with Gasteiger partial charge in [0.05, 0.1) is 17.0 Å². The highest BCUT2D eigenvalue weighted by Crippen LogP contribution is 2.58. The van der Waals surface area contributed by atoms with Crippen LogP contribution in [0.15, 0.2) is 42.7 Å². The Morgan fingerprint density at radius 1 is 0.980 bits per heavy atom. The van der Waals surface area contributed by atoms with Crippen LogP contribution in [-0.4, -0.2) is 71.4 Å². The average Bonchev–Trinajstić information content (AvgIpc) is 3.86. The third-order valence-electron chi connectivity index (χ3n) is 12.7. The smallest absolute Gasteiger partial charge is 0.410 e. The van der Waals surface area contributed by atoms with E-state index < -0.39 is 0 Å². The van der Waals surface area contributed by atoms with Gasteiger partial charge in [-0.25, -0.2) is 14.8 Å². The van der Waals surface area contributed by atoms with Crippen LogP contribution in [0.1, 0.15) is 99.1 Å². The van der Waals surface area contributed by atoms with Gasteiger partial charge < -0.3 is 19.5 Å². The number of amides is 2. The van der Waals surface area contributed by atoms with Gasteiger partial charge in [0, 0.05) is 56.4 Å². The largest absolute Gasteiger partial charge is 0.496 e. The predicted molar refractivity (Wildman–Crippen MR) is 194 cm³/mol. The number of hydrogen-bond acceptors (Lipinski definition) is 8. The summed E-state index contributed by atoms with van der Waals surface area (Å²) in [6.45, 7) is 4.02. The van der Waals surface area contributed by atoms with E-state index in [1.54, 1.807) is 23.3 Å². The van der Waals surface area contributed by atoms with Gasteiger partial charge in [0.15, 0.2) is 0 Å². The maximum atomic E-state index is 14.7.